The fourth-order valence-corrected chi connectivity index (χ4v) is 3.11. The van der Waals surface area contributed by atoms with Crippen LogP contribution in [0.25, 0.3) is 10.8 Å². The van der Waals surface area contributed by atoms with Crippen molar-refractivity contribution in [2.75, 3.05) is 19.1 Å². The van der Waals surface area contributed by atoms with Crippen LogP contribution in [0.1, 0.15) is 25.7 Å². The first-order valence-electron chi connectivity index (χ1n) is 7.37. The van der Waals surface area contributed by atoms with E-state index in [-0.39, 0.29) is 0 Å². The highest BCUT2D eigenvalue weighted by molar-refractivity contribution is 5.96. The van der Waals surface area contributed by atoms with Crippen LogP contribution in [0.3, 0.4) is 0 Å². The molecule has 110 valence electrons. The van der Waals surface area contributed by atoms with Crippen molar-refractivity contribution in [2.24, 2.45) is 0 Å². The van der Waals surface area contributed by atoms with E-state index in [4.69, 9.17) is 4.74 Å². The Balaban J connectivity index is 1.98. The van der Waals surface area contributed by atoms with Crippen molar-refractivity contribution in [2.45, 2.75) is 31.7 Å². The van der Waals surface area contributed by atoms with Crippen molar-refractivity contribution in [3.63, 3.8) is 0 Å². The van der Waals surface area contributed by atoms with Crippen LogP contribution in [0.15, 0.2) is 30.5 Å². The van der Waals surface area contributed by atoms with Gasteiger partial charge >= 0.3 is 0 Å². The molecular formula is C17H20N2O2. The Morgan fingerprint density at radius 1 is 1.19 bits per heavy atom. The summed E-state index contributed by atoms with van der Waals surface area (Å²) < 4.78 is 5.43. The lowest BCUT2D eigenvalue weighted by Crippen LogP contribution is -2.35. The lowest BCUT2D eigenvalue weighted by Gasteiger charge is -2.32. The Morgan fingerprint density at radius 2 is 1.95 bits per heavy atom. The molecule has 0 saturated heterocycles. The smallest absolute Gasteiger partial charge is 0.136 e. The van der Waals surface area contributed by atoms with Gasteiger partial charge in [-0.3, -0.25) is 4.79 Å². The number of carbonyl (C=O) groups excluding carboxylic acids is 1. The number of ether oxygens (including phenoxy) is 1. The van der Waals surface area contributed by atoms with E-state index in [2.05, 4.69) is 23.0 Å². The van der Waals surface area contributed by atoms with Crippen LogP contribution in [-0.4, -0.2) is 31.0 Å². The topological polar surface area (TPSA) is 42.4 Å². The minimum atomic E-state index is 0.381. The molecule has 1 aromatic heterocycles. The lowest BCUT2D eigenvalue weighted by atomic mass is 9.93. The number of hydrogen-bond acceptors (Lipinski definition) is 4. The number of carbonyl (C=O) groups is 1. The molecule has 1 fully saturated rings. The van der Waals surface area contributed by atoms with Gasteiger partial charge in [0.25, 0.3) is 0 Å². The van der Waals surface area contributed by atoms with Crippen LogP contribution in [-0.2, 0) is 4.79 Å². The van der Waals surface area contributed by atoms with Gasteiger partial charge in [-0.1, -0.05) is 12.1 Å². The number of hydrogen-bond donors (Lipinski definition) is 0. The fourth-order valence-electron chi connectivity index (χ4n) is 3.11. The average molecular weight is 284 g/mol. The summed E-state index contributed by atoms with van der Waals surface area (Å²) in [6.45, 7) is 0. The Hall–Kier alpha value is -2.10. The summed E-state index contributed by atoms with van der Waals surface area (Å²) in [4.78, 5) is 18.2. The summed E-state index contributed by atoms with van der Waals surface area (Å²) in [5, 5.41) is 2.17. The normalized spacial score (nSPS) is 16.2. The number of nitrogens with zero attached hydrogens (tertiary/aromatic N) is 2. The molecule has 0 spiro atoms. The molecule has 0 bridgehead atoms. The number of fused-ring (bicyclic) bond motifs is 1. The van der Waals surface area contributed by atoms with Gasteiger partial charge < -0.3 is 9.64 Å². The first kappa shape index (κ1) is 13.9. The van der Waals surface area contributed by atoms with E-state index in [1.807, 2.05) is 24.4 Å². The zero-order valence-electron chi connectivity index (χ0n) is 12.5. The quantitative estimate of drug-likeness (QED) is 0.868. The van der Waals surface area contributed by atoms with Crippen molar-refractivity contribution < 1.29 is 9.53 Å². The molecule has 1 aromatic carbocycles. The van der Waals surface area contributed by atoms with Crippen LogP contribution in [0.5, 0.6) is 5.75 Å². The minimum Gasteiger partial charge on any atom is -0.496 e. The molecule has 4 heteroatoms. The number of methoxy groups -OCH3 is 1. The predicted molar refractivity (Wildman–Crippen MR) is 84.0 cm³/mol. The van der Waals surface area contributed by atoms with Gasteiger partial charge in [-0.15, -0.1) is 0 Å². The maximum atomic E-state index is 11.4. The summed E-state index contributed by atoms with van der Waals surface area (Å²) in [6, 6.07) is 8.39. The molecule has 0 unspecified atom stereocenters. The monoisotopic (exact) mass is 284 g/mol. The van der Waals surface area contributed by atoms with Crippen molar-refractivity contribution in [3.8, 4) is 5.75 Å². The third-order valence-corrected chi connectivity index (χ3v) is 4.36. The Kier molecular flexibility index (Phi) is 3.78. The largest absolute Gasteiger partial charge is 0.496 e. The van der Waals surface area contributed by atoms with Gasteiger partial charge in [-0.25, -0.2) is 4.98 Å². The highest BCUT2D eigenvalue weighted by atomic mass is 16.5. The second-order valence-electron chi connectivity index (χ2n) is 5.57. The molecule has 1 aliphatic carbocycles. The van der Waals surface area contributed by atoms with E-state index in [0.29, 0.717) is 24.7 Å². The summed E-state index contributed by atoms with van der Waals surface area (Å²) in [6.07, 6.45) is 5.02. The molecule has 2 aromatic rings. The second-order valence-corrected chi connectivity index (χ2v) is 5.57. The van der Waals surface area contributed by atoms with Crippen LogP contribution >= 0.6 is 0 Å². The Bertz CT molecular complexity index is 659. The summed E-state index contributed by atoms with van der Waals surface area (Å²) in [5.41, 5.74) is 0. The second kappa shape index (κ2) is 5.72. The first-order chi connectivity index (χ1) is 10.2. The molecule has 3 rings (SSSR count). The van der Waals surface area contributed by atoms with Crippen molar-refractivity contribution in [3.05, 3.63) is 30.5 Å². The van der Waals surface area contributed by atoms with Gasteiger partial charge in [0.05, 0.1) is 7.11 Å². The predicted octanol–water partition coefficient (Wildman–Crippen LogP) is 3.19. The molecule has 0 radical (unpaired) electrons. The molecule has 4 nitrogen and oxygen atoms in total. The van der Waals surface area contributed by atoms with Gasteiger partial charge in [0.2, 0.25) is 0 Å². The molecule has 0 atom stereocenters. The molecule has 0 N–H and O–H groups in total. The third-order valence-electron chi connectivity index (χ3n) is 4.36. The highest BCUT2D eigenvalue weighted by Crippen LogP contribution is 2.33. The third kappa shape index (κ3) is 2.58. The summed E-state index contributed by atoms with van der Waals surface area (Å²) in [7, 11) is 3.76. The SMILES string of the molecule is COc1cccc2c(N(C)C3CCC(=O)CC3)nccc12. The van der Waals surface area contributed by atoms with Gasteiger partial charge in [0.15, 0.2) is 0 Å². The van der Waals surface area contributed by atoms with Gasteiger partial charge in [-0.2, -0.15) is 0 Å². The minimum absolute atomic E-state index is 0.381. The maximum absolute atomic E-state index is 11.4. The van der Waals surface area contributed by atoms with Gasteiger partial charge in [0.1, 0.15) is 17.4 Å². The molecule has 21 heavy (non-hydrogen) atoms. The Labute approximate surface area is 124 Å². The van der Waals surface area contributed by atoms with Crippen molar-refractivity contribution >= 4 is 22.4 Å². The number of aromatic nitrogens is 1. The van der Waals surface area contributed by atoms with E-state index in [9.17, 15) is 4.79 Å². The zero-order chi connectivity index (χ0) is 14.8. The van der Waals surface area contributed by atoms with Crippen molar-refractivity contribution in [1.82, 2.24) is 4.98 Å². The fraction of sp³-hybridized carbons (Fsp3) is 0.412. The van der Waals surface area contributed by atoms with Crippen LogP contribution < -0.4 is 9.64 Å². The van der Waals surface area contributed by atoms with Crippen molar-refractivity contribution in [1.29, 1.82) is 0 Å². The molecule has 1 saturated carbocycles. The van der Waals surface area contributed by atoms with E-state index >= 15 is 0 Å². The van der Waals surface area contributed by atoms with E-state index in [0.717, 1.165) is 35.2 Å². The zero-order valence-corrected chi connectivity index (χ0v) is 12.5. The number of rotatable bonds is 3. The lowest BCUT2D eigenvalue weighted by molar-refractivity contribution is -0.120. The Morgan fingerprint density at radius 3 is 2.67 bits per heavy atom. The standard InChI is InChI=1S/C17H20N2O2/c1-19(12-6-8-13(20)9-7-12)17-15-4-3-5-16(21-2)14(15)10-11-18-17/h3-5,10-12H,6-9H2,1-2H3. The van der Waals surface area contributed by atoms with Gasteiger partial charge in [-0.05, 0) is 25.0 Å². The number of pyridine rings is 1. The van der Waals surface area contributed by atoms with Crippen LogP contribution in [0, 0.1) is 0 Å². The summed E-state index contributed by atoms with van der Waals surface area (Å²) in [5.74, 6) is 2.21. The average Bonchev–Trinajstić information content (AvgIpc) is 2.53. The van der Waals surface area contributed by atoms with Crippen LogP contribution in [0.2, 0.25) is 0 Å². The molecular weight excluding hydrogens is 264 g/mol. The van der Waals surface area contributed by atoms with E-state index in [1.165, 1.54) is 0 Å². The van der Waals surface area contributed by atoms with E-state index in [1.54, 1.807) is 7.11 Å². The van der Waals surface area contributed by atoms with E-state index < -0.39 is 0 Å². The van der Waals surface area contributed by atoms with Crippen LogP contribution in [0.4, 0.5) is 5.82 Å². The van der Waals surface area contributed by atoms with Gasteiger partial charge in [0, 0.05) is 42.9 Å². The molecule has 0 amide bonds. The number of anilines is 1. The highest BCUT2D eigenvalue weighted by Gasteiger charge is 2.24. The number of Topliss-reactive ketones (excluding diaryl/α,β-unsaturated/α-hetero) is 1. The number of benzene rings is 1. The number of ketones is 1. The summed E-state index contributed by atoms with van der Waals surface area (Å²) >= 11 is 0. The maximum Gasteiger partial charge on any atom is 0.136 e. The molecule has 0 aliphatic heterocycles. The molecule has 1 heterocycles. The molecule has 1 aliphatic rings. The first-order valence-corrected chi connectivity index (χ1v) is 7.37.